The standard InChI is InChI=1S/C16H25NO/c1-5-17-14-8-7-13(10-14)15-9-6-11(2)12(3)16(15)18-4/h6,9,13-14,17H,5,7-8,10H2,1-4H3. The van der Waals surface area contributed by atoms with E-state index in [2.05, 4.69) is 38.2 Å². The first-order valence-electron chi connectivity index (χ1n) is 7.04. The van der Waals surface area contributed by atoms with E-state index in [-0.39, 0.29) is 0 Å². The van der Waals surface area contributed by atoms with Crippen LogP contribution < -0.4 is 10.1 Å². The topological polar surface area (TPSA) is 21.3 Å². The van der Waals surface area contributed by atoms with Crippen molar-refractivity contribution in [1.82, 2.24) is 5.32 Å². The fourth-order valence-electron chi connectivity index (χ4n) is 3.14. The van der Waals surface area contributed by atoms with E-state index in [0.717, 1.165) is 12.3 Å². The fourth-order valence-corrected chi connectivity index (χ4v) is 3.14. The minimum Gasteiger partial charge on any atom is -0.496 e. The molecule has 2 heteroatoms. The molecular formula is C16H25NO. The minimum atomic E-state index is 0.656. The van der Waals surface area contributed by atoms with Crippen LogP contribution in [0.25, 0.3) is 0 Å². The Morgan fingerprint density at radius 2 is 2.06 bits per heavy atom. The van der Waals surface area contributed by atoms with Gasteiger partial charge >= 0.3 is 0 Å². The van der Waals surface area contributed by atoms with Crippen molar-refractivity contribution in [1.29, 1.82) is 0 Å². The first-order valence-corrected chi connectivity index (χ1v) is 7.04. The Kier molecular flexibility index (Phi) is 4.28. The second-order valence-corrected chi connectivity index (χ2v) is 5.39. The lowest BCUT2D eigenvalue weighted by Gasteiger charge is -2.18. The zero-order valence-electron chi connectivity index (χ0n) is 12.0. The van der Waals surface area contributed by atoms with Gasteiger partial charge in [-0.25, -0.2) is 0 Å². The number of hydrogen-bond donors (Lipinski definition) is 1. The third kappa shape index (κ3) is 2.54. The molecule has 0 aliphatic heterocycles. The van der Waals surface area contributed by atoms with E-state index in [1.54, 1.807) is 7.11 Å². The number of methoxy groups -OCH3 is 1. The van der Waals surface area contributed by atoms with Gasteiger partial charge in [0.25, 0.3) is 0 Å². The van der Waals surface area contributed by atoms with E-state index < -0.39 is 0 Å². The molecule has 1 aromatic rings. The lowest BCUT2D eigenvalue weighted by molar-refractivity contribution is 0.401. The maximum Gasteiger partial charge on any atom is 0.125 e. The van der Waals surface area contributed by atoms with Crippen LogP contribution in [0.1, 0.15) is 48.8 Å². The van der Waals surface area contributed by atoms with Crippen LogP contribution in [0, 0.1) is 13.8 Å². The van der Waals surface area contributed by atoms with E-state index in [1.807, 2.05) is 0 Å². The molecule has 100 valence electrons. The monoisotopic (exact) mass is 247 g/mol. The molecule has 0 heterocycles. The van der Waals surface area contributed by atoms with E-state index in [0.29, 0.717) is 12.0 Å². The Labute approximate surface area is 111 Å². The van der Waals surface area contributed by atoms with Crippen LogP contribution in [0.4, 0.5) is 0 Å². The Morgan fingerprint density at radius 1 is 1.28 bits per heavy atom. The van der Waals surface area contributed by atoms with Crippen LogP contribution in [0.5, 0.6) is 5.75 Å². The molecule has 0 amide bonds. The van der Waals surface area contributed by atoms with Crippen LogP contribution in [-0.2, 0) is 0 Å². The molecule has 18 heavy (non-hydrogen) atoms. The van der Waals surface area contributed by atoms with Gasteiger partial charge in [-0.2, -0.15) is 0 Å². The van der Waals surface area contributed by atoms with Gasteiger partial charge in [0.1, 0.15) is 5.75 Å². The lowest BCUT2D eigenvalue weighted by atomic mass is 9.92. The molecule has 1 fully saturated rings. The third-order valence-electron chi connectivity index (χ3n) is 4.28. The summed E-state index contributed by atoms with van der Waals surface area (Å²) in [6.07, 6.45) is 3.80. The van der Waals surface area contributed by atoms with Gasteiger partial charge in [0.15, 0.2) is 0 Å². The highest BCUT2D eigenvalue weighted by Gasteiger charge is 2.27. The summed E-state index contributed by atoms with van der Waals surface area (Å²) in [4.78, 5) is 0. The maximum absolute atomic E-state index is 5.64. The first kappa shape index (κ1) is 13.4. The number of rotatable bonds is 4. The van der Waals surface area contributed by atoms with Crippen molar-refractivity contribution in [2.24, 2.45) is 0 Å². The van der Waals surface area contributed by atoms with Gasteiger partial charge in [-0.05, 0) is 62.3 Å². The Morgan fingerprint density at radius 3 is 2.72 bits per heavy atom. The molecule has 1 saturated carbocycles. The third-order valence-corrected chi connectivity index (χ3v) is 4.28. The van der Waals surface area contributed by atoms with Crippen molar-refractivity contribution in [2.75, 3.05) is 13.7 Å². The smallest absolute Gasteiger partial charge is 0.125 e. The van der Waals surface area contributed by atoms with Crippen LogP contribution in [-0.4, -0.2) is 19.7 Å². The Hall–Kier alpha value is -1.02. The number of aryl methyl sites for hydroxylation is 1. The molecule has 2 nitrogen and oxygen atoms in total. The molecule has 1 aliphatic carbocycles. The molecule has 0 saturated heterocycles. The molecule has 1 N–H and O–H groups in total. The van der Waals surface area contributed by atoms with E-state index in [9.17, 15) is 0 Å². The molecule has 2 rings (SSSR count). The maximum atomic E-state index is 5.64. The number of hydrogen-bond acceptors (Lipinski definition) is 2. The largest absolute Gasteiger partial charge is 0.496 e. The van der Waals surface area contributed by atoms with Gasteiger partial charge in [0.05, 0.1) is 7.11 Å². The minimum absolute atomic E-state index is 0.656. The quantitative estimate of drug-likeness (QED) is 0.878. The zero-order valence-corrected chi connectivity index (χ0v) is 12.0. The molecule has 0 radical (unpaired) electrons. The van der Waals surface area contributed by atoms with E-state index >= 15 is 0 Å². The molecule has 1 aliphatic rings. The van der Waals surface area contributed by atoms with E-state index in [1.165, 1.54) is 36.0 Å². The van der Waals surface area contributed by atoms with Crippen molar-refractivity contribution < 1.29 is 4.74 Å². The highest BCUT2D eigenvalue weighted by Crippen LogP contribution is 2.40. The van der Waals surface area contributed by atoms with Gasteiger partial charge in [0, 0.05) is 6.04 Å². The highest BCUT2D eigenvalue weighted by atomic mass is 16.5. The Bertz CT molecular complexity index is 414. The summed E-state index contributed by atoms with van der Waals surface area (Å²) in [5.74, 6) is 1.76. The molecular weight excluding hydrogens is 222 g/mol. The first-order chi connectivity index (χ1) is 8.67. The molecule has 0 bridgehead atoms. The molecule has 0 aromatic heterocycles. The molecule has 1 aromatic carbocycles. The van der Waals surface area contributed by atoms with Crippen LogP contribution >= 0.6 is 0 Å². The van der Waals surface area contributed by atoms with Crippen LogP contribution in [0.3, 0.4) is 0 Å². The summed E-state index contributed by atoms with van der Waals surface area (Å²) in [5, 5.41) is 3.57. The van der Waals surface area contributed by atoms with Crippen molar-refractivity contribution in [3.63, 3.8) is 0 Å². The summed E-state index contributed by atoms with van der Waals surface area (Å²) in [5.41, 5.74) is 4.01. The molecule has 2 unspecified atom stereocenters. The van der Waals surface area contributed by atoms with Crippen LogP contribution in [0.15, 0.2) is 12.1 Å². The number of ether oxygens (including phenoxy) is 1. The predicted molar refractivity (Wildman–Crippen MR) is 76.5 cm³/mol. The molecule has 2 atom stereocenters. The predicted octanol–water partition coefficient (Wildman–Crippen LogP) is 3.56. The number of benzene rings is 1. The highest BCUT2D eigenvalue weighted by molar-refractivity contribution is 5.47. The van der Waals surface area contributed by atoms with Crippen molar-refractivity contribution in [2.45, 2.75) is 52.0 Å². The average Bonchev–Trinajstić information content (AvgIpc) is 2.81. The second-order valence-electron chi connectivity index (χ2n) is 5.39. The second kappa shape index (κ2) is 5.75. The lowest BCUT2D eigenvalue weighted by Crippen LogP contribution is -2.25. The summed E-state index contributed by atoms with van der Waals surface area (Å²) in [6.45, 7) is 7.57. The SMILES string of the molecule is CCNC1CCC(c2ccc(C)c(C)c2OC)C1. The Balaban J connectivity index is 2.21. The van der Waals surface area contributed by atoms with Crippen molar-refractivity contribution >= 4 is 0 Å². The fraction of sp³-hybridized carbons (Fsp3) is 0.625. The average molecular weight is 247 g/mol. The zero-order chi connectivity index (χ0) is 13.1. The summed E-state index contributed by atoms with van der Waals surface area (Å²) in [7, 11) is 1.79. The number of nitrogens with one attached hydrogen (secondary N) is 1. The van der Waals surface area contributed by atoms with Gasteiger partial charge in [-0.1, -0.05) is 19.1 Å². The van der Waals surface area contributed by atoms with Crippen molar-refractivity contribution in [3.05, 3.63) is 28.8 Å². The van der Waals surface area contributed by atoms with Gasteiger partial charge in [0.2, 0.25) is 0 Å². The summed E-state index contributed by atoms with van der Waals surface area (Å²) < 4.78 is 5.64. The molecule has 0 spiro atoms. The van der Waals surface area contributed by atoms with Crippen LogP contribution in [0.2, 0.25) is 0 Å². The van der Waals surface area contributed by atoms with Gasteiger partial charge in [-0.3, -0.25) is 0 Å². The van der Waals surface area contributed by atoms with E-state index in [4.69, 9.17) is 4.74 Å². The normalized spacial score (nSPS) is 23.3. The van der Waals surface area contributed by atoms with Gasteiger partial charge < -0.3 is 10.1 Å². The van der Waals surface area contributed by atoms with Gasteiger partial charge in [-0.15, -0.1) is 0 Å². The van der Waals surface area contributed by atoms with Crippen molar-refractivity contribution in [3.8, 4) is 5.75 Å². The summed E-state index contributed by atoms with van der Waals surface area (Å²) >= 11 is 0. The summed E-state index contributed by atoms with van der Waals surface area (Å²) in [6, 6.07) is 5.18.